The van der Waals surface area contributed by atoms with Gasteiger partial charge in [0, 0.05) is 13.1 Å². The van der Waals surface area contributed by atoms with Gasteiger partial charge >= 0.3 is 12.0 Å². The number of nitrogens with zero attached hydrogens (tertiary/aromatic N) is 2. The van der Waals surface area contributed by atoms with Gasteiger partial charge in [0.2, 0.25) is 0 Å². The van der Waals surface area contributed by atoms with Gasteiger partial charge < -0.3 is 15.3 Å². The Morgan fingerprint density at radius 3 is 2.67 bits per heavy atom. The topological polar surface area (TPSA) is 93.4 Å². The van der Waals surface area contributed by atoms with Crippen molar-refractivity contribution < 1.29 is 14.7 Å². The minimum absolute atomic E-state index is 0.240. The van der Waals surface area contributed by atoms with Crippen LogP contribution in [0, 0.1) is 11.3 Å². The Kier molecular flexibility index (Phi) is 8.84. The fourth-order valence-corrected chi connectivity index (χ4v) is 1.79. The number of hydrogen-bond donors (Lipinski definition) is 2. The van der Waals surface area contributed by atoms with Gasteiger partial charge in [0.1, 0.15) is 6.04 Å². The van der Waals surface area contributed by atoms with Crippen molar-refractivity contribution in [2.45, 2.75) is 25.8 Å². The molecule has 0 fully saturated rings. The molecule has 1 atom stereocenters. The Morgan fingerprint density at radius 2 is 2.22 bits per heavy atom. The Labute approximate surface area is 111 Å². The van der Waals surface area contributed by atoms with Gasteiger partial charge in [-0.25, -0.2) is 9.59 Å². The minimum Gasteiger partial charge on any atom is -0.480 e. The summed E-state index contributed by atoms with van der Waals surface area (Å²) in [7, 11) is 0. The first-order valence-electron chi connectivity index (χ1n) is 5.70. The highest BCUT2D eigenvalue weighted by Crippen LogP contribution is 2.02. The molecule has 0 saturated heterocycles. The monoisotopic (exact) mass is 273 g/mol. The summed E-state index contributed by atoms with van der Waals surface area (Å²) in [6, 6.07) is 0.653. The van der Waals surface area contributed by atoms with Crippen molar-refractivity contribution in [1.82, 2.24) is 10.2 Å². The Morgan fingerprint density at radius 1 is 1.56 bits per heavy atom. The van der Waals surface area contributed by atoms with E-state index >= 15 is 0 Å². The molecule has 0 rings (SSSR count). The van der Waals surface area contributed by atoms with Gasteiger partial charge in [0.15, 0.2) is 0 Å². The first-order chi connectivity index (χ1) is 8.56. The van der Waals surface area contributed by atoms with Crippen molar-refractivity contribution in [3.8, 4) is 6.07 Å². The molecule has 0 aliphatic carbocycles. The number of carboxylic acids is 1. The van der Waals surface area contributed by atoms with Gasteiger partial charge in [-0.3, -0.25) is 0 Å². The molecule has 102 valence electrons. The maximum Gasteiger partial charge on any atom is 0.326 e. The molecular weight excluding hydrogens is 254 g/mol. The number of carbonyl (C=O) groups excluding carboxylic acids is 1. The third-order valence-electron chi connectivity index (χ3n) is 2.37. The predicted molar refractivity (Wildman–Crippen MR) is 70.4 cm³/mol. The van der Waals surface area contributed by atoms with E-state index in [0.717, 1.165) is 0 Å². The van der Waals surface area contributed by atoms with Crippen molar-refractivity contribution in [2.24, 2.45) is 0 Å². The summed E-state index contributed by atoms with van der Waals surface area (Å²) in [6.45, 7) is 2.55. The van der Waals surface area contributed by atoms with Gasteiger partial charge in [0.25, 0.3) is 0 Å². The number of carbonyl (C=O) groups is 2. The predicted octanol–water partition coefficient (Wildman–Crippen LogP) is 1.14. The molecular formula is C11H19N3O3S. The summed E-state index contributed by atoms with van der Waals surface area (Å²) >= 11 is 1.53. The summed E-state index contributed by atoms with van der Waals surface area (Å²) in [5.41, 5.74) is 0. The third-order valence-corrected chi connectivity index (χ3v) is 3.01. The zero-order valence-corrected chi connectivity index (χ0v) is 11.5. The summed E-state index contributed by atoms with van der Waals surface area (Å²) in [4.78, 5) is 24.2. The molecule has 0 radical (unpaired) electrons. The molecule has 0 aliphatic rings. The highest BCUT2D eigenvalue weighted by molar-refractivity contribution is 7.98. The van der Waals surface area contributed by atoms with E-state index in [1.54, 1.807) is 6.92 Å². The number of amides is 2. The maximum atomic E-state index is 11.8. The number of nitrogens with one attached hydrogen (secondary N) is 1. The lowest BCUT2D eigenvalue weighted by atomic mass is 10.2. The molecule has 6 nitrogen and oxygen atoms in total. The summed E-state index contributed by atoms with van der Waals surface area (Å²) in [5.74, 6) is -0.365. The number of urea groups is 1. The number of nitriles is 1. The van der Waals surface area contributed by atoms with Gasteiger partial charge in [0.05, 0.1) is 12.5 Å². The lowest BCUT2D eigenvalue weighted by Gasteiger charge is -2.23. The molecule has 0 spiro atoms. The average molecular weight is 273 g/mol. The fourth-order valence-electron chi connectivity index (χ4n) is 1.32. The van der Waals surface area contributed by atoms with E-state index in [4.69, 9.17) is 10.4 Å². The summed E-state index contributed by atoms with van der Waals surface area (Å²) in [6.07, 6.45) is 2.51. The molecule has 0 saturated carbocycles. The number of hydrogen-bond acceptors (Lipinski definition) is 4. The van der Waals surface area contributed by atoms with Crippen LogP contribution in [0.5, 0.6) is 0 Å². The van der Waals surface area contributed by atoms with Gasteiger partial charge in [-0.2, -0.15) is 17.0 Å². The van der Waals surface area contributed by atoms with E-state index in [1.807, 2.05) is 12.3 Å². The number of thioether (sulfide) groups is 1. The van der Waals surface area contributed by atoms with E-state index in [9.17, 15) is 9.59 Å². The van der Waals surface area contributed by atoms with Gasteiger partial charge in [-0.05, 0) is 25.4 Å². The molecule has 0 heterocycles. The molecule has 0 aliphatic heterocycles. The van der Waals surface area contributed by atoms with Crippen LogP contribution in [0.4, 0.5) is 4.79 Å². The molecule has 7 heteroatoms. The smallest absolute Gasteiger partial charge is 0.326 e. The van der Waals surface area contributed by atoms with Crippen LogP contribution in [0.2, 0.25) is 0 Å². The van der Waals surface area contributed by atoms with Crippen LogP contribution in [0.25, 0.3) is 0 Å². The SMILES string of the molecule is CCN(CCC#N)C(=O)N[C@H](CCSC)C(=O)O. The Bertz CT molecular complexity index is 317. The quantitative estimate of drug-likeness (QED) is 0.691. The second-order valence-electron chi connectivity index (χ2n) is 3.61. The van der Waals surface area contributed by atoms with E-state index in [-0.39, 0.29) is 6.42 Å². The van der Waals surface area contributed by atoms with Crippen LogP contribution < -0.4 is 5.32 Å². The number of aliphatic carboxylic acids is 1. The summed E-state index contributed by atoms with van der Waals surface area (Å²) in [5, 5.41) is 19.9. The van der Waals surface area contributed by atoms with Crippen molar-refractivity contribution in [3.63, 3.8) is 0 Å². The first-order valence-corrected chi connectivity index (χ1v) is 7.10. The number of rotatable bonds is 8. The maximum absolute atomic E-state index is 11.8. The fraction of sp³-hybridized carbons (Fsp3) is 0.727. The Hall–Kier alpha value is -1.42. The highest BCUT2D eigenvalue weighted by atomic mass is 32.2. The molecule has 2 N–H and O–H groups in total. The van der Waals surface area contributed by atoms with Crippen molar-refractivity contribution in [3.05, 3.63) is 0 Å². The van der Waals surface area contributed by atoms with Crippen molar-refractivity contribution >= 4 is 23.8 Å². The minimum atomic E-state index is -1.03. The van der Waals surface area contributed by atoms with E-state index in [0.29, 0.717) is 25.3 Å². The van der Waals surface area contributed by atoms with E-state index in [2.05, 4.69) is 5.32 Å². The van der Waals surface area contributed by atoms with Crippen LogP contribution in [0.3, 0.4) is 0 Å². The largest absolute Gasteiger partial charge is 0.480 e. The highest BCUT2D eigenvalue weighted by Gasteiger charge is 2.21. The van der Waals surface area contributed by atoms with Crippen LogP contribution in [-0.4, -0.2) is 53.1 Å². The zero-order chi connectivity index (χ0) is 14.0. The van der Waals surface area contributed by atoms with E-state index < -0.39 is 18.0 Å². The standard InChI is InChI=1S/C11H19N3O3S/c1-3-14(7-4-6-12)11(17)13-9(10(15)16)5-8-18-2/h9H,3-5,7-8H2,1-2H3,(H,13,17)(H,15,16)/t9-/m1/s1. The normalized spacial score (nSPS) is 11.4. The van der Waals surface area contributed by atoms with E-state index in [1.165, 1.54) is 16.7 Å². The summed E-state index contributed by atoms with van der Waals surface area (Å²) < 4.78 is 0. The van der Waals surface area contributed by atoms with Crippen LogP contribution >= 0.6 is 11.8 Å². The van der Waals surface area contributed by atoms with Gasteiger partial charge in [-0.1, -0.05) is 0 Å². The molecule has 0 aromatic heterocycles. The lowest BCUT2D eigenvalue weighted by molar-refractivity contribution is -0.139. The zero-order valence-electron chi connectivity index (χ0n) is 10.7. The molecule has 0 unspecified atom stereocenters. The third kappa shape index (κ3) is 6.35. The molecule has 18 heavy (non-hydrogen) atoms. The van der Waals surface area contributed by atoms with Crippen LogP contribution in [0.1, 0.15) is 19.8 Å². The molecule has 0 aromatic carbocycles. The molecule has 2 amide bonds. The lowest BCUT2D eigenvalue weighted by Crippen LogP contribution is -2.48. The molecule has 0 bridgehead atoms. The van der Waals surface area contributed by atoms with Crippen molar-refractivity contribution in [2.75, 3.05) is 25.1 Å². The Balaban J connectivity index is 4.37. The first kappa shape index (κ1) is 16.6. The van der Waals surface area contributed by atoms with Gasteiger partial charge in [-0.15, -0.1) is 0 Å². The van der Waals surface area contributed by atoms with Crippen LogP contribution in [0.15, 0.2) is 0 Å². The average Bonchev–Trinajstić information content (AvgIpc) is 2.34. The number of carboxylic acid groups (broad SMARTS) is 1. The van der Waals surface area contributed by atoms with Crippen LogP contribution in [-0.2, 0) is 4.79 Å². The second-order valence-corrected chi connectivity index (χ2v) is 4.60. The second kappa shape index (κ2) is 9.59. The molecule has 0 aromatic rings. The van der Waals surface area contributed by atoms with Crippen molar-refractivity contribution in [1.29, 1.82) is 5.26 Å².